The van der Waals surface area contributed by atoms with Gasteiger partial charge in [0.2, 0.25) is 0 Å². The summed E-state index contributed by atoms with van der Waals surface area (Å²) in [5.74, 6) is 0.268. The van der Waals surface area contributed by atoms with Crippen LogP contribution in [-0.2, 0) is 4.79 Å². The van der Waals surface area contributed by atoms with E-state index in [1.165, 1.54) is 6.08 Å². The van der Waals surface area contributed by atoms with Gasteiger partial charge in [-0.05, 0) is 30.9 Å². The molecule has 1 fully saturated rings. The minimum atomic E-state index is -0.659. The van der Waals surface area contributed by atoms with Gasteiger partial charge >= 0.3 is 0 Å². The predicted octanol–water partition coefficient (Wildman–Crippen LogP) is -1.18. The zero-order chi connectivity index (χ0) is 12.8. The molecule has 0 saturated carbocycles. The van der Waals surface area contributed by atoms with E-state index in [1.807, 2.05) is 4.90 Å². The molecule has 0 spiro atoms. The molecule has 1 amide bonds. The van der Waals surface area contributed by atoms with Gasteiger partial charge in [-0.25, -0.2) is 0 Å². The highest BCUT2D eigenvalue weighted by Gasteiger charge is 2.18. The van der Waals surface area contributed by atoms with Gasteiger partial charge in [-0.15, -0.1) is 0 Å². The van der Waals surface area contributed by atoms with Crippen molar-refractivity contribution in [3.63, 3.8) is 0 Å². The van der Waals surface area contributed by atoms with Crippen LogP contribution in [0.15, 0.2) is 23.7 Å². The quantitative estimate of drug-likeness (QED) is 0.364. The van der Waals surface area contributed by atoms with Gasteiger partial charge in [0.15, 0.2) is 0 Å². The summed E-state index contributed by atoms with van der Waals surface area (Å²) in [6.45, 7) is 1.84. The third kappa shape index (κ3) is 3.99. The molecule has 6 heteroatoms. The molecule has 1 rings (SSSR count). The molecular weight excluding hydrogens is 220 g/mol. The van der Waals surface area contributed by atoms with Crippen LogP contribution in [-0.4, -0.2) is 35.6 Å². The molecule has 1 aliphatic heterocycles. The number of hydrogen-bond acceptors (Lipinski definition) is 5. The van der Waals surface area contributed by atoms with E-state index in [4.69, 9.17) is 22.3 Å². The fraction of sp³-hybridized carbons (Fsp3) is 0.545. The van der Waals surface area contributed by atoms with E-state index >= 15 is 0 Å². The maximum atomic E-state index is 10.7. The summed E-state index contributed by atoms with van der Waals surface area (Å²) in [7, 11) is 0. The molecule has 0 aliphatic carbocycles. The topological polar surface area (TPSA) is 119 Å². The third-order valence-electron chi connectivity index (χ3n) is 2.96. The number of aliphatic hydroxyl groups is 1. The number of hydrogen-bond donors (Lipinski definition) is 4. The number of aliphatic hydroxyl groups excluding tert-OH is 1. The van der Waals surface area contributed by atoms with Gasteiger partial charge in [0.25, 0.3) is 5.91 Å². The van der Waals surface area contributed by atoms with E-state index in [0.29, 0.717) is 11.7 Å². The molecule has 96 valence electrons. The molecule has 1 saturated heterocycles. The van der Waals surface area contributed by atoms with Crippen LogP contribution >= 0.6 is 0 Å². The van der Waals surface area contributed by atoms with Crippen LogP contribution in [0.3, 0.4) is 0 Å². The second-order valence-corrected chi connectivity index (χ2v) is 4.19. The smallest absolute Gasteiger partial charge is 0.264 e. The number of nitrogens with two attached hydrogens (primary N) is 3. The Morgan fingerprint density at radius 2 is 1.82 bits per heavy atom. The van der Waals surface area contributed by atoms with Gasteiger partial charge in [-0.3, -0.25) is 4.79 Å². The van der Waals surface area contributed by atoms with Crippen molar-refractivity contribution in [2.24, 2.45) is 23.1 Å². The van der Waals surface area contributed by atoms with E-state index in [9.17, 15) is 4.79 Å². The van der Waals surface area contributed by atoms with Crippen molar-refractivity contribution >= 4 is 5.91 Å². The molecule has 1 heterocycles. The maximum absolute atomic E-state index is 10.7. The van der Waals surface area contributed by atoms with E-state index in [-0.39, 0.29) is 12.3 Å². The molecule has 0 bridgehead atoms. The largest absolute Gasteiger partial charge is 0.396 e. The molecule has 0 radical (unpaired) electrons. The van der Waals surface area contributed by atoms with Crippen molar-refractivity contribution in [2.45, 2.75) is 12.8 Å². The lowest BCUT2D eigenvalue weighted by atomic mass is 9.98. The highest BCUT2D eigenvalue weighted by Crippen LogP contribution is 2.18. The number of allylic oxidation sites excluding steroid dienone is 2. The SMILES string of the molecule is NC(=O)/C(N)=C/C=C(\N)N1CCC(CO)CC1. The van der Waals surface area contributed by atoms with Gasteiger partial charge in [0.1, 0.15) is 0 Å². The first kappa shape index (κ1) is 13.4. The molecule has 0 aromatic carbocycles. The van der Waals surface area contributed by atoms with E-state index < -0.39 is 5.91 Å². The second kappa shape index (κ2) is 6.15. The Kier molecular flexibility index (Phi) is 4.84. The number of nitrogens with zero attached hydrogens (tertiary/aromatic N) is 1. The van der Waals surface area contributed by atoms with Crippen molar-refractivity contribution < 1.29 is 9.90 Å². The van der Waals surface area contributed by atoms with Gasteiger partial charge in [-0.2, -0.15) is 0 Å². The standard InChI is InChI=1S/C11H20N4O2/c12-9(11(14)17)1-2-10(13)15-5-3-8(7-16)4-6-15/h1-2,8,16H,3-7,12-13H2,(H2,14,17)/b9-1-,10-2+. The lowest BCUT2D eigenvalue weighted by molar-refractivity contribution is -0.114. The fourth-order valence-corrected chi connectivity index (χ4v) is 1.74. The number of carbonyl (C=O) groups is 1. The van der Waals surface area contributed by atoms with E-state index in [2.05, 4.69) is 0 Å². The van der Waals surface area contributed by atoms with Crippen molar-refractivity contribution in [2.75, 3.05) is 19.7 Å². The Morgan fingerprint density at radius 3 is 2.29 bits per heavy atom. The van der Waals surface area contributed by atoms with Crippen LogP contribution in [0.1, 0.15) is 12.8 Å². The highest BCUT2D eigenvalue weighted by atomic mass is 16.3. The lowest BCUT2D eigenvalue weighted by Crippen LogP contribution is -2.36. The number of primary amides is 1. The van der Waals surface area contributed by atoms with Crippen LogP contribution in [0.4, 0.5) is 0 Å². The summed E-state index contributed by atoms with van der Waals surface area (Å²) in [5, 5.41) is 9.01. The predicted molar refractivity (Wildman–Crippen MR) is 65.1 cm³/mol. The average molecular weight is 240 g/mol. The van der Waals surface area contributed by atoms with Crippen LogP contribution in [0.5, 0.6) is 0 Å². The monoisotopic (exact) mass is 240 g/mol. The molecular formula is C11H20N4O2. The van der Waals surface area contributed by atoms with Crippen molar-refractivity contribution in [3.8, 4) is 0 Å². The Bertz CT molecular complexity index is 330. The number of rotatable bonds is 4. The summed E-state index contributed by atoms with van der Waals surface area (Å²) < 4.78 is 0. The van der Waals surface area contributed by atoms with Crippen LogP contribution < -0.4 is 17.2 Å². The van der Waals surface area contributed by atoms with Crippen LogP contribution in [0.25, 0.3) is 0 Å². The van der Waals surface area contributed by atoms with Crippen LogP contribution in [0.2, 0.25) is 0 Å². The zero-order valence-electron chi connectivity index (χ0n) is 9.80. The van der Waals surface area contributed by atoms with Gasteiger partial charge in [0.05, 0.1) is 11.5 Å². The highest BCUT2D eigenvalue weighted by molar-refractivity contribution is 5.91. The summed E-state index contributed by atoms with van der Waals surface area (Å²) >= 11 is 0. The lowest BCUT2D eigenvalue weighted by Gasteiger charge is -2.32. The first-order valence-corrected chi connectivity index (χ1v) is 5.63. The Morgan fingerprint density at radius 1 is 1.24 bits per heavy atom. The van der Waals surface area contributed by atoms with Crippen molar-refractivity contribution in [1.82, 2.24) is 4.90 Å². The molecule has 0 unspecified atom stereocenters. The average Bonchev–Trinajstić information content (AvgIpc) is 2.35. The summed E-state index contributed by atoms with van der Waals surface area (Å²) in [4.78, 5) is 12.7. The normalized spacial score (nSPS) is 19.5. The fourth-order valence-electron chi connectivity index (χ4n) is 1.74. The van der Waals surface area contributed by atoms with Crippen molar-refractivity contribution in [1.29, 1.82) is 0 Å². The second-order valence-electron chi connectivity index (χ2n) is 4.19. The molecule has 0 aromatic heterocycles. The molecule has 0 atom stereocenters. The summed E-state index contributed by atoms with van der Waals surface area (Å²) in [5.41, 5.74) is 16.2. The number of carbonyl (C=O) groups excluding carboxylic acids is 1. The molecule has 0 aromatic rings. The Labute approximate surface area is 101 Å². The maximum Gasteiger partial charge on any atom is 0.264 e. The first-order chi connectivity index (χ1) is 8.04. The van der Waals surface area contributed by atoms with E-state index in [1.54, 1.807) is 6.08 Å². The Balaban J connectivity index is 2.54. The molecule has 7 N–H and O–H groups in total. The van der Waals surface area contributed by atoms with Gasteiger partial charge in [-0.1, -0.05) is 0 Å². The first-order valence-electron chi connectivity index (χ1n) is 5.63. The molecule has 6 nitrogen and oxygen atoms in total. The van der Waals surface area contributed by atoms with E-state index in [0.717, 1.165) is 25.9 Å². The molecule has 1 aliphatic rings. The van der Waals surface area contributed by atoms with Gasteiger partial charge < -0.3 is 27.2 Å². The summed E-state index contributed by atoms with van der Waals surface area (Å²) in [6, 6.07) is 0. The minimum absolute atomic E-state index is 0.0156. The Hall–Kier alpha value is -1.69. The van der Waals surface area contributed by atoms with Crippen molar-refractivity contribution in [3.05, 3.63) is 23.7 Å². The minimum Gasteiger partial charge on any atom is -0.396 e. The van der Waals surface area contributed by atoms with Gasteiger partial charge in [0, 0.05) is 19.7 Å². The summed E-state index contributed by atoms with van der Waals surface area (Å²) in [6.07, 6.45) is 4.83. The number of likely N-dealkylation sites (tertiary alicyclic amines) is 1. The number of piperidine rings is 1. The number of amides is 1. The third-order valence-corrected chi connectivity index (χ3v) is 2.96. The van der Waals surface area contributed by atoms with Crippen LogP contribution in [0, 0.1) is 5.92 Å². The zero-order valence-corrected chi connectivity index (χ0v) is 9.80. The molecule has 17 heavy (non-hydrogen) atoms.